The predicted octanol–water partition coefficient (Wildman–Crippen LogP) is 3.55. The number of ether oxygens (including phenoxy) is 1. The highest BCUT2D eigenvalue weighted by molar-refractivity contribution is 6.36. The number of carbonyl (C=O) groups is 2. The summed E-state index contributed by atoms with van der Waals surface area (Å²) in [6.45, 7) is 2.78. The number of esters is 1. The van der Waals surface area contributed by atoms with E-state index < -0.39 is 11.7 Å². The zero-order valence-corrected chi connectivity index (χ0v) is 13.6. The van der Waals surface area contributed by atoms with Gasteiger partial charge in [-0.3, -0.25) is 9.59 Å². The first-order valence-corrected chi connectivity index (χ1v) is 7.80. The van der Waals surface area contributed by atoms with Crippen molar-refractivity contribution in [2.45, 2.75) is 19.8 Å². The zero-order valence-electron chi connectivity index (χ0n) is 12.1. The van der Waals surface area contributed by atoms with E-state index in [9.17, 15) is 14.0 Å². The van der Waals surface area contributed by atoms with Gasteiger partial charge in [0.05, 0.1) is 28.1 Å². The fourth-order valence-corrected chi connectivity index (χ4v) is 2.93. The third-order valence-corrected chi connectivity index (χ3v) is 4.17. The normalized spacial score (nSPS) is 18.2. The van der Waals surface area contributed by atoms with Gasteiger partial charge in [0, 0.05) is 13.1 Å². The smallest absolute Gasteiger partial charge is 0.310 e. The molecule has 0 bridgehead atoms. The van der Waals surface area contributed by atoms with E-state index in [1.165, 1.54) is 11.0 Å². The van der Waals surface area contributed by atoms with Crippen molar-refractivity contribution < 1.29 is 18.7 Å². The molecule has 1 fully saturated rings. The third kappa shape index (κ3) is 3.70. The Balaban J connectivity index is 2.15. The molecule has 1 aromatic rings. The molecule has 1 amide bonds. The van der Waals surface area contributed by atoms with E-state index in [4.69, 9.17) is 27.9 Å². The number of hydrogen-bond donors (Lipinski definition) is 0. The summed E-state index contributed by atoms with van der Waals surface area (Å²) >= 11 is 11.6. The van der Waals surface area contributed by atoms with Crippen molar-refractivity contribution >= 4 is 35.1 Å². The minimum Gasteiger partial charge on any atom is -0.466 e. The van der Waals surface area contributed by atoms with Crippen LogP contribution in [-0.4, -0.2) is 36.5 Å². The Morgan fingerprint density at radius 2 is 2.09 bits per heavy atom. The van der Waals surface area contributed by atoms with Crippen LogP contribution in [0.2, 0.25) is 10.0 Å². The van der Waals surface area contributed by atoms with Gasteiger partial charge in [0.15, 0.2) is 0 Å². The highest BCUT2D eigenvalue weighted by Crippen LogP contribution is 2.27. The lowest BCUT2D eigenvalue weighted by molar-refractivity contribution is -0.149. The number of halogens is 3. The molecule has 0 unspecified atom stereocenters. The molecule has 0 saturated carbocycles. The first-order valence-electron chi connectivity index (χ1n) is 7.04. The van der Waals surface area contributed by atoms with Crippen molar-refractivity contribution in [3.8, 4) is 0 Å². The average Bonchev–Trinajstić information content (AvgIpc) is 2.50. The monoisotopic (exact) mass is 347 g/mol. The molecule has 2 rings (SSSR count). The van der Waals surface area contributed by atoms with E-state index in [1.807, 2.05) is 0 Å². The summed E-state index contributed by atoms with van der Waals surface area (Å²) in [5.41, 5.74) is 0.0491. The first-order chi connectivity index (χ1) is 10.4. The Kier molecular flexibility index (Phi) is 5.64. The molecular weight excluding hydrogens is 332 g/mol. The summed E-state index contributed by atoms with van der Waals surface area (Å²) in [5, 5.41) is -0.0424. The maximum Gasteiger partial charge on any atom is 0.310 e. The molecule has 4 nitrogen and oxygen atoms in total. The molecule has 0 N–H and O–H groups in total. The number of amides is 1. The van der Waals surface area contributed by atoms with Gasteiger partial charge in [0.25, 0.3) is 5.91 Å². The third-order valence-electron chi connectivity index (χ3n) is 3.57. The topological polar surface area (TPSA) is 46.6 Å². The van der Waals surface area contributed by atoms with Crippen LogP contribution in [0.4, 0.5) is 4.39 Å². The van der Waals surface area contributed by atoms with E-state index >= 15 is 0 Å². The summed E-state index contributed by atoms with van der Waals surface area (Å²) in [7, 11) is 0. The number of carbonyl (C=O) groups excluding carboxylic acids is 2. The largest absolute Gasteiger partial charge is 0.466 e. The lowest BCUT2D eigenvalue weighted by Crippen LogP contribution is -2.43. The molecule has 0 spiro atoms. The number of rotatable bonds is 3. The van der Waals surface area contributed by atoms with Crippen molar-refractivity contribution in [3.05, 3.63) is 33.6 Å². The summed E-state index contributed by atoms with van der Waals surface area (Å²) < 4.78 is 18.5. The standard InChI is InChI=1S/C15H16Cl2FNO3/c1-2-22-15(21)9-4-3-5-19(8-9)14(20)10-6-13(18)12(17)7-11(10)16/h6-7,9H,2-5,8H2,1H3/t9-/m0/s1. The molecule has 1 aromatic carbocycles. The van der Waals surface area contributed by atoms with Crippen LogP contribution in [0.5, 0.6) is 0 Å². The van der Waals surface area contributed by atoms with Gasteiger partial charge in [-0.05, 0) is 31.9 Å². The van der Waals surface area contributed by atoms with Gasteiger partial charge in [0.1, 0.15) is 5.82 Å². The van der Waals surface area contributed by atoms with E-state index in [0.29, 0.717) is 26.0 Å². The van der Waals surface area contributed by atoms with Crippen molar-refractivity contribution in [2.75, 3.05) is 19.7 Å². The minimum absolute atomic E-state index is 0.0491. The Hall–Kier alpha value is -1.33. The Labute approximate surface area is 138 Å². The maximum absolute atomic E-state index is 13.6. The van der Waals surface area contributed by atoms with Crippen LogP contribution in [0.25, 0.3) is 0 Å². The average molecular weight is 348 g/mol. The summed E-state index contributed by atoms with van der Waals surface area (Å²) in [6.07, 6.45) is 1.36. The van der Waals surface area contributed by atoms with Gasteiger partial charge < -0.3 is 9.64 Å². The number of nitrogens with zero attached hydrogens (tertiary/aromatic N) is 1. The fraction of sp³-hybridized carbons (Fsp3) is 0.467. The van der Waals surface area contributed by atoms with Gasteiger partial charge in [-0.15, -0.1) is 0 Å². The van der Waals surface area contributed by atoms with Crippen molar-refractivity contribution in [1.29, 1.82) is 0 Å². The van der Waals surface area contributed by atoms with Crippen molar-refractivity contribution in [1.82, 2.24) is 4.90 Å². The second kappa shape index (κ2) is 7.29. The highest BCUT2D eigenvalue weighted by Gasteiger charge is 2.30. The van der Waals surface area contributed by atoms with Crippen LogP contribution in [0.15, 0.2) is 12.1 Å². The second-order valence-corrected chi connectivity index (χ2v) is 5.90. The molecule has 0 radical (unpaired) electrons. The number of benzene rings is 1. The summed E-state index contributed by atoms with van der Waals surface area (Å²) in [4.78, 5) is 25.8. The Bertz CT molecular complexity index is 594. The van der Waals surface area contributed by atoms with Crippen LogP contribution in [0, 0.1) is 11.7 Å². The van der Waals surface area contributed by atoms with Crippen LogP contribution in [-0.2, 0) is 9.53 Å². The van der Waals surface area contributed by atoms with Crippen molar-refractivity contribution in [2.24, 2.45) is 5.92 Å². The van der Waals surface area contributed by atoms with Crippen LogP contribution in [0.1, 0.15) is 30.1 Å². The lowest BCUT2D eigenvalue weighted by Gasteiger charge is -2.31. The number of hydrogen-bond acceptors (Lipinski definition) is 3. The van der Waals surface area contributed by atoms with Crippen LogP contribution < -0.4 is 0 Å². The van der Waals surface area contributed by atoms with Crippen LogP contribution in [0.3, 0.4) is 0 Å². The Morgan fingerprint density at radius 3 is 2.77 bits per heavy atom. The van der Waals surface area contributed by atoms with Gasteiger partial charge in [0.2, 0.25) is 0 Å². The van der Waals surface area contributed by atoms with Crippen LogP contribution >= 0.6 is 23.2 Å². The minimum atomic E-state index is -0.701. The van der Waals surface area contributed by atoms with Gasteiger partial charge >= 0.3 is 5.97 Å². The second-order valence-electron chi connectivity index (χ2n) is 5.09. The molecule has 1 aliphatic rings. The molecule has 1 aliphatic heterocycles. The molecule has 1 saturated heterocycles. The lowest BCUT2D eigenvalue weighted by atomic mass is 9.97. The maximum atomic E-state index is 13.6. The molecule has 1 atom stereocenters. The van der Waals surface area contributed by atoms with Gasteiger partial charge in [-0.2, -0.15) is 0 Å². The summed E-state index contributed by atoms with van der Waals surface area (Å²) in [5.74, 6) is -1.77. The van der Waals surface area contributed by atoms with Gasteiger partial charge in [-0.1, -0.05) is 23.2 Å². The molecule has 0 aliphatic carbocycles. The molecule has 120 valence electrons. The predicted molar refractivity (Wildman–Crippen MR) is 81.7 cm³/mol. The summed E-state index contributed by atoms with van der Waals surface area (Å²) in [6, 6.07) is 2.24. The Morgan fingerprint density at radius 1 is 1.36 bits per heavy atom. The molecule has 7 heteroatoms. The van der Waals surface area contributed by atoms with Gasteiger partial charge in [-0.25, -0.2) is 4.39 Å². The number of piperidine rings is 1. The first kappa shape index (κ1) is 17.0. The molecule has 22 heavy (non-hydrogen) atoms. The SMILES string of the molecule is CCOC(=O)[C@H]1CCCN(C(=O)c2cc(F)c(Cl)cc2Cl)C1. The quantitative estimate of drug-likeness (QED) is 0.620. The van der Waals surface area contributed by atoms with E-state index in [0.717, 1.165) is 6.07 Å². The molecular formula is C15H16Cl2FNO3. The zero-order chi connectivity index (χ0) is 16.3. The van der Waals surface area contributed by atoms with E-state index in [-0.39, 0.29) is 34.0 Å². The molecule has 0 aromatic heterocycles. The van der Waals surface area contributed by atoms with Crippen molar-refractivity contribution in [3.63, 3.8) is 0 Å². The fourth-order valence-electron chi connectivity index (χ4n) is 2.47. The number of likely N-dealkylation sites (tertiary alicyclic amines) is 1. The van der Waals surface area contributed by atoms with E-state index in [2.05, 4.69) is 0 Å². The van der Waals surface area contributed by atoms with E-state index in [1.54, 1.807) is 6.92 Å². The molecule has 1 heterocycles. The highest BCUT2D eigenvalue weighted by atomic mass is 35.5.